The normalized spacial score (nSPS) is 14.3. The maximum absolute atomic E-state index is 13.0. The lowest BCUT2D eigenvalue weighted by Gasteiger charge is -2.19. The van der Waals surface area contributed by atoms with Crippen molar-refractivity contribution in [2.75, 3.05) is 5.75 Å². The van der Waals surface area contributed by atoms with Crippen LogP contribution in [0, 0.1) is 16.1 Å². The number of nitrogens with zero attached hydrogens (tertiary/aromatic N) is 6. The Morgan fingerprint density at radius 3 is 2.55 bits per heavy atom. The number of nitrogens with one attached hydrogen (secondary N) is 1. The number of hydrogen-bond acceptors (Lipinski definition) is 8. The number of aromatic nitrogens is 5. The Hall–Kier alpha value is -3.27. The Labute approximate surface area is 175 Å². The van der Waals surface area contributed by atoms with Gasteiger partial charge in [0.15, 0.2) is 22.8 Å². The van der Waals surface area contributed by atoms with Crippen LogP contribution in [0.5, 0.6) is 5.75 Å². The first kappa shape index (κ1) is 22.4. The van der Waals surface area contributed by atoms with Gasteiger partial charge in [0.2, 0.25) is 0 Å². The Morgan fingerprint density at radius 2 is 1.97 bits per heavy atom. The van der Waals surface area contributed by atoms with Gasteiger partial charge in [-0.1, -0.05) is 6.92 Å². The topological polar surface area (TPSA) is 130 Å². The molecule has 3 aromatic heterocycles. The van der Waals surface area contributed by atoms with Gasteiger partial charge in [0.1, 0.15) is 23.0 Å². The number of nitriles is 1. The van der Waals surface area contributed by atoms with E-state index in [1.54, 1.807) is 6.92 Å². The first-order chi connectivity index (χ1) is 14.3. The fraction of sp³-hybridized carbons (Fsp3) is 0.389. The van der Waals surface area contributed by atoms with Gasteiger partial charge in [-0.2, -0.15) is 18.4 Å². The smallest absolute Gasteiger partial charge is 0.435 e. The molecule has 3 rings (SSSR count). The molecular weight excluding hydrogens is 435 g/mol. The molecule has 0 amide bonds. The van der Waals surface area contributed by atoms with Gasteiger partial charge in [-0.25, -0.2) is 19.0 Å². The molecule has 0 aliphatic heterocycles. The second-order valence-electron chi connectivity index (χ2n) is 7.14. The third-order valence-electron chi connectivity index (χ3n) is 4.35. The number of fused-ring (bicyclic) bond motifs is 1. The van der Waals surface area contributed by atoms with Crippen LogP contribution in [0.3, 0.4) is 0 Å². The summed E-state index contributed by atoms with van der Waals surface area (Å²) in [4.78, 5) is 8.39. The maximum atomic E-state index is 13.0. The van der Waals surface area contributed by atoms with Gasteiger partial charge in [-0.15, -0.1) is 10.2 Å². The molecule has 13 heteroatoms. The highest BCUT2D eigenvalue weighted by Crippen LogP contribution is 2.33. The summed E-state index contributed by atoms with van der Waals surface area (Å²) in [7, 11) is -1.84. The van der Waals surface area contributed by atoms with Crippen molar-refractivity contribution >= 4 is 20.9 Å². The van der Waals surface area contributed by atoms with Crippen LogP contribution in [0.2, 0.25) is 0 Å². The van der Waals surface area contributed by atoms with Crippen LogP contribution in [-0.2, 0) is 23.0 Å². The molecule has 0 radical (unpaired) electrons. The molecule has 0 aliphatic carbocycles. The van der Waals surface area contributed by atoms with Crippen molar-refractivity contribution in [1.29, 1.82) is 10.0 Å². The summed E-state index contributed by atoms with van der Waals surface area (Å²) in [5, 5.41) is 16.0. The highest BCUT2D eigenvalue weighted by Gasteiger charge is 2.34. The zero-order valence-electron chi connectivity index (χ0n) is 17.0. The molecular formula is C18H18F3N7O2S. The number of pyridine rings is 1. The largest absolute Gasteiger partial charge is 0.471 e. The molecule has 0 unspecified atom stereocenters. The number of hydrogen-bond donors (Lipinski definition) is 1. The number of aryl methyl sites for hydroxylation is 1. The number of halogens is 3. The van der Waals surface area contributed by atoms with Crippen molar-refractivity contribution in [3.8, 4) is 23.3 Å². The molecule has 3 heterocycles. The third kappa shape index (κ3) is 4.29. The quantitative estimate of drug-likeness (QED) is 0.625. The van der Waals surface area contributed by atoms with Crippen molar-refractivity contribution in [3.63, 3.8) is 0 Å². The van der Waals surface area contributed by atoms with E-state index >= 15 is 0 Å². The van der Waals surface area contributed by atoms with Crippen molar-refractivity contribution in [3.05, 3.63) is 24.0 Å². The van der Waals surface area contributed by atoms with Crippen molar-refractivity contribution in [2.24, 2.45) is 7.05 Å². The summed E-state index contributed by atoms with van der Waals surface area (Å²) in [6.07, 6.45) is -3.41. The van der Waals surface area contributed by atoms with Gasteiger partial charge < -0.3 is 9.30 Å². The molecule has 9 nitrogen and oxygen atoms in total. The number of rotatable bonds is 5. The van der Waals surface area contributed by atoms with E-state index < -0.39 is 27.2 Å². The highest BCUT2D eigenvalue weighted by atomic mass is 32.2. The van der Waals surface area contributed by atoms with Crippen LogP contribution >= 0.6 is 0 Å². The average molecular weight is 453 g/mol. The molecule has 164 valence electrons. The van der Waals surface area contributed by atoms with Crippen LogP contribution < -0.4 is 4.74 Å². The van der Waals surface area contributed by atoms with Crippen LogP contribution in [0.15, 0.2) is 23.2 Å². The number of imidazole rings is 1. The van der Waals surface area contributed by atoms with Crippen LogP contribution in [0.4, 0.5) is 13.2 Å². The minimum atomic E-state index is -4.69. The van der Waals surface area contributed by atoms with Crippen LogP contribution in [0.25, 0.3) is 22.7 Å². The average Bonchev–Trinajstić information content (AvgIpc) is 3.03. The summed E-state index contributed by atoms with van der Waals surface area (Å²) in [6.45, 7) is 4.61. The number of alkyl halides is 3. The van der Waals surface area contributed by atoms with E-state index in [9.17, 15) is 17.4 Å². The van der Waals surface area contributed by atoms with E-state index in [1.807, 2.05) is 6.07 Å². The second kappa shape index (κ2) is 7.45. The van der Waals surface area contributed by atoms with Crippen LogP contribution in [0.1, 0.15) is 26.5 Å². The molecule has 0 spiro atoms. The van der Waals surface area contributed by atoms with Gasteiger partial charge in [0, 0.05) is 24.9 Å². The van der Waals surface area contributed by atoms with E-state index in [1.165, 1.54) is 37.7 Å². The van der Waals surface area contributed by atoms with E-state index in [4.69, 9.17) is 14.8 Å². The van der Waals surface area contributed by atoms with Gasteiger partial charge in [0.25, 0.3) is 0 Å². The lowest BCUT2D eigenvalue weighted by Crippen LogP contribution is -2.25. The standard InChI is InChI=1S/C18H18F3N7O2S/c1-5-31(23,29)12-6-10(30-17(2,3)9-22)8-24-14(12)16-25-11-7-13(18(19,20)21)26-27-15(11)28(16)4/h6-8,23H,5H2,1-4H3/t31-/m1/s1. The monoisotopic (exact) mass is 453 g/mol. The molecule has 0 bridgehead atoms. The maximum Gasteiger partial charge on any atom is 0.435 e. The molecule has 0 aliphatic rings. The molecule has 3 aromatic rings. The summed E-state index contributed by atoms with van der Waals surface area (Å²) in [6, 6.07) is 4.06. The SMILES string of the molecule is CC[S@@](=N)(=O)c1cc(OC(C)(C)C#N)cnc1-c1nc2cc(C(F)(F)F)nnc2n1C. The Morgan fingerprint density at radius 1 is 1.29 bits per heavy atom. The van der Waals surface area contributed by atoms with E-state index in [0.29, 0.717) is 0 Å². The fourth-order valence-corrected chi connectivity index (χ4v) is 3.78. The Kier molecular flexibility index (Phi) is 5.39. The molecule has 0 fully saturated rings. The molecule has 1 N–H and O–H groups in total. The predicted molar refractivity (Wildman–Crippen MR) is 105 cm³/mol. The highest BCUT2D eigenvalue weighted by molar-refractivity contribution is 7.92. The molecule has 31 heavy (non-hydrogen) atoms. The van der Waals surface area contributed by atoms with Crippen molar-refractivity contribution in [2.45, 2.75) is 37.4 Å². The van der Waals surface area contributed by atoms with E-state index in [-0.39, 0.29) is 39.1 Å². The lowest BCUT2D eigenvalue weighted by atomic mass is 10.2. The Balaban J connectivity index is 2.23. The second-order valence-corrected chi connectivity index (χ2v) is 9.50. The Bertz CT molecular complexity index is 1310. The summed E-state index contributed by atoms with van der Waals surface area (Å²) in [5.74, 6) is 0.143. The predicted octanol–water partition coefficient (Wildman–Crippen LogP) is 3.55. The lowest BCUT2D eigenvalue weighted by molar-refractivity contribution is -0.141. The van der Waals surface area contributed by atoms with Crippen molar-refractivity contribution < 1.29 is 22.1 Å². The van der Waals surface area contributed by atoms with Gasteiger partial charge in [-0.3, -0.25) is 0 Å². The minimum absolute atomic E-state index is 0.0105. The van der Waals surface area contributed by atoms with Gasteiger partial charge in [0.05, 0.1) is 20.8 Å². The molecule has 0 saturated carbocycles. The van der Waals surface area contributed by atoms with E-state index in [0.717, 1.165) is 6.07 Å². The molecule has 0 aromatic carbocycles. The fourth-order valence-electron chi connectivity index (χ4n) is 2.71. The zero-order valence-corrected chi connectivity index (χ0v) is 17.8. The minimum Gasteiger partial charge on any atom is -0.471 e. The molecule has 0 saturated heterocycles. The first-order valence-corrected chi connectivity index (χ1v) is 10.7. The zero-order chi connectivity index (χ0) is 23.2. The molecule has 1 atom stereocenters. The number of ether oxygens (including phenoxy) is 1. The summed E-state index contributed by atoms with van der Waals surface area (Å²) < 4.78 is 67.0. The van der Waals surface area contributed by atoms with Gasteiger partial charge in [-0.05, 0) is 13.8 Å². The van der Waals surface area contributed by atoms with Crippen molar-refractivity contribution in [1.82, 2.24) is 24.7 Å². The first-order valence-electron chi connectivity index (χ1n) is 8.93. The summed E-state index contributed by atoms with van der Waals surface area (Å²) >= 11 is 0. The van der Waals surface area contributed by atoms with Gasteiger partial charge >= 0.3 is 6.18 Å². The summed E-state index contributed by atoms with van der Waals surface area (Å²) in [5.41, 5.74) is -2.37. The van der Waals surface area contributed by atoms with E-state index in [2.05, 4.69) is 20.2 Å². The van der Waals surface area contributed by atoms with Crippen LogP contribution in [-0.4, -0.2) is 40.3 Å². The third-order valence-corrected chi connectivity index (χ3v) is 6.19.